The van der Waals surface area contributed by atoms with Crippen molar-refractivity contribution in [2.75, 3.05) is 7.11 Å². The van der Waals surface area contributed by atoms with Crippen LogP contribution in [0.2, 0.25) is 0 Å². The lowest BCUT2D eigenvalue weighted by molar-refractivity contribution is -0.137. The Morgan fingerprint density at radius 1 is 1.43 bits per heavy atom. The molecule has 7 heavy (non-hydrogen) atoms. The van der Waals surface area contributed by atoms with E-state index in [9.17, 15) is 0 Å². The van der Waals surface area contributed by atoms with E-state index in [0.717, 1.165) is 0 Å². The Labute approximate surface area is 42.5 Å². The van der Waals surface area contributed by atoms with E-state index >= 15 is 0 Å². The number of methoxy groups -OCH3 is 1. The molecule has 0 aromatic carbocycles. The van der Waals surface area contributed by atoms with Crippen LogP contribution in [0, 0.1) is 0 Å². The quantitative estimate of drug-likeness (QED) is 0.459. The maximum atomic E-state index is 8.46. The molecule has 3 nitrogen and oxygen atoms in total. The predicted molar refractivity (Wildman–Crippen MR) is 24.7 cm³/mol. The zero-order valence-electron chi connectivity index (χ0n) is 4.46. The summed E-state index contributed by atoms with van der Waals surface area (Å²) in [7, 11) is 1.33. The minimum Gasteiger partial charge on any atom is -0.388 e. The fourth-order valence-electron chi connectivity index (χ4n) is 0.197. The average molecular weight is 106 g/mol. The summed E-state index contributed by atoms with van der Waals surface area (Å²) in [5, 5.41) is 16.9. The monoisotopic (exact) mass is 106 g/mol. The molecule has 0 radical (unpaired) electrons. The molecule has 44 valence electrons. The third-order valence-corrected chi connectivity index (χ3v) is 0.654. The highest BCUT2D eigenvalue weighted by molar-refractivity contribution is 4.45. The van der Waals surface area contributed by atoms with Crippen molar-refractivity contribution in [2.24, 2.45) is 0 Å². The Morgan fingerprint density at radius 2 is 1.86 bits per heavy atom. The van der Waals surface area contributed by atoms with Gasteiger partial charge in [-0.3, -0.25) is 0 Å². The summed E-state index contributed by atoms with van der Waals surface area (Å²) >= 11 is 0. The van der Waals surface area contributed by atoms with Gasteiger partial charge in [0.2, 0.25) is 0 Å². The molecule has 0 amide bonds. The van der Waals surface area contributed by atoms with Crippen LogP contribution in [-0.2, 0) is 4.74 Å². The van der Waals surface area contributed by atoms with E-state index < -0.39 is 12.4 Å². The zero-order chi connectivity index (χ0) is 5.86. The fraction of sp³-hybridized carbons (Fsp3) is 1.00. The molecule has 2 N–H and O–H groups in total. The summed E-state index contributed by atoms with van der Waals surface area (Å²) in [5.41, 5.74) is 0. The number of aliphatic hydroxyl groups is 2. The Balaban J connectivity index is 3.14. The molecule has 0 spiro atoms. The van der Waals surface area contributed by atoms with Gasteiger partial charge in [-0.15, -0.1) is 0 Å². The molecule has 0 aliphatic rings. The van der Waals surface area contributed by atoms with Crippen LogP contribution in [0.5, 0.6) is 0 Å². The minimum atomic E-state index is -1.04. The normalized spacial score (nSPS) is 18.9. The molecule has 0 fully saturated rings. The van der Waals surface area contributed by atoms with Crippen molar-refractivity contribution in [1.29, 1.82) is 0 Å². The van der Waals surface area contributed by atoms with Gasteiger partial charge in [-0.1, -0.05) is 0 Å². The molecule has 0 aliphatic carbocycles. The van der Waals surface area contributed by atoms with Crippen LogP contribution in [0.25, 0.3) is 0 Å². The molecular weight excluding hydrogens is 96.0 g/mol. The zero-order valence-corrected chi connectivity index (χ0v) is 4.46. The SMILES string of the molecule is COC(O)[C@@H](C)O. The van der Waals surface area contributed by atoms with Gasteiger partial charge in [0.1, 0.15) is 6.10 Å². The van der Waals surface area contributed by atoms with Gasteiger partial charge in [0.25, 0.3) is 0 Å². The van der Waals surface area contributed by atoms with Crippen LogP contribution in [0.3, 0.4) is 0 Å². The van der Waals surface area contributed by atoms with Crippen LogP contribution in [0.15, 0.2) is 0 Å². The van der Waals surface area contributed by atoms with E-state index in [1.54, 1.807) is 0 Å². The van der Waals surface area contributed by atoms with E-state index in [0.29, 0.717) is 0 Å². The van der Waals surface area contributed by atoms with E-state index in [4.69, 9.17) is 10.2 Å². The maximum Gasteiger partial charge on any atom is 0.180 e. The lowest BCUT2D eigenvalue weighted by Gasteiger charge is -2.09. The van der Waals surface area contributed by atoms with E-state index in [2.05, 4.69) is 4.74 Å². The van der Waals surface area contributed by atoms with Crippen LogP contribution in [-0.4, -0.2) is 29.7 Å². The largest absolute Gasteiger partial charge is 0.388 e. The van der Waals surface area contributed by atoms with E-state index in [1.165, 1.54) is 14.0 Å². The number of rotatable bonds is 2. The van der Waals surface area contributed by atoms with Gasteiger partial charge in [-0.2, -0.15) is 0 Å². The third kappa shape index (κ3) is 2.56. The lowest BCUT2D eigenvalue weighted by atomic mass is 10.4. The van der Waals surface area contributed by atoms with Crippen LogP contribution < -0.4 is 0 Å². The van der Waals surface area contributed by atoms with Crippen molar-refractivity contribution in [3.05, 3.63) is 0 Å². The molecule has 0 heterocycles. The summed E-state index contributed by atoms with van der Waals surface area (Å²) in [6, 6.07) is 0. The Kier molecular flexibility index (Phi) is 2.91. The summed E-state index contributed by atoms with van der Waals surface area (Å²) in [6.07, 6.45) is -1.84. The summed E-state index contributed by atoms with van der Waals surface area (Å²) in [5.74, 6) is 0. The smallest absolute Gasteiger partial charge is 0.180 e. The number of hydrogen-bond acceptors (Lipinski definition) is 3. The highest BCUT2D eigenvalue weighted by atomic mass is 16.6. The average Bonchev–Trinajstić information content (AvgIpc) is 1.65. The van der Waals surface area contributed by atoms with Gasteiger partial charge >= 0.3 is 0 Å². The van der Waals surface area contributed by atoms with Crippen molar-refractivity contribution in [1.82, 2.24) is 0 Å². The maximum absolute atomic E-state index is 8.46. The van der Waals surface area contributed by atoms with Crippen molar-refractivity contribution in [3.63, 3.8) is 0 Å². The van der Waals surface area contributed by atoms with Crippen molar-refractivity contribution in [2.45, 2.75) is 19.3 Å². The molecule has 0 bridgehead atoms. The number of hydrogen-bond donors (Lipinski definition) is 2. The third-order valence-electron chi connectivity index (χ3n) is 0.654. The minimum absolute atomic E-state index is 0.801. The van der Waals surface area contributed by atoms with Gasteiger partial charge in [0.05, 0.1) is 0 Å². The molecule has 0 aromatic rings. The molecule has 3 heteroatoms. The second-order valence-electron chi connectivity index (χ2n) is 1.37. The van der Waals surface area contributed by atoms with E-state index in [-0.39, 0.29) is 0 Å². The number of aliphatic hydroxyl groups excluding tert-OH is 2. The second kappa shape index (κ2) is 2.96. The van der Waals surface area contributed by atoms with Crippen molar-refractivity contribution < 1.29 is 14.9 Å². The van der Waals surface area contributed by atoms with Crippen molar-refractivity contribution in [3.8, 4) is 0 Å². The standard InChI is InChI=1S/C4H10O3/c1-3(5)4(6)7-2/h3-6H,1-2H3/t3-,4?/m1/s1. The van der Waals surface area contributed by atoms with Crippen molar-refractivity contribution >= 4 is 0 Å². The first-order chi connectivity index (χ1) is 3.18. The second-order valence-corrected chi connectivity index (χ2v) is 1.37. The topological polar surface area (TPSA) is 49.7 Å². The molecular formula is C4H10O3. The Bertz CT molecular complexity index is 44.2. The molecule has 0 aromatic heterocycles. The first kappa shape index (κ1) is 6.88. The highest BCUT2D eigenvalue weighted by Crippen LogP contribution is 1.89. The molecule has 2 atom stereocenters. The van der Waals surface area contributed by atoms with E-state index in [1.807, 2.05) is 0 Å². The van der Waals surface area contributed by atoms with Gasteiger partial charge in [0, 0.05) is 7.11 Å². The Morgan fingerprint density at radius 3 is 1.86 bits per heavy atom. The van der Waals surface area contributed by atoms with Crippen LogP contribution in [0.1, 0.15) is 6.92 Å². The molecule has 0 saturated heterocycles. The summed E-state index contributed by atoms with van der Waals surface area (Å²) in [6.45, 7) is 1.45. The fourth-order valence-corrected chi connectivity index (χ4v) is 0.197. The Hall–Kier alpha value is -0.120. The molecule has 1 unspecified atom stereocenters. The predicted octanol–water partition coefficient (Wildman–Crippen LogP) is -0.668. The number of ether oxygens (including phenoxy) is 1. The van der Waals surface area contributed by atoms with Gasteiger partial charge in [-0.05, 0) is 6.92 Å². The lowest BCUT2D eigenvalue weighted by Crippen LogP contribution is -2.23. The van der Waals surface area contributed by atoms with Crippen LogP contribution >= 0.6 is 0 Å². The van der Waals surface area contributed by atoms with Gasteiger partial charge < -0.3 is 14.9 Å². The highest BCUT2D eigenvalue weighted by Gasteiger charge is 2.06. The van der Waals surface area contributed by atoms with Gasteiger partial charge in [-0.25, -0.2) is 0 Å². The summed E-state index contributed by atoms with van der Waals surface area (Å²) < 4.78 is 4.32. The van der Waals surface area contributed by atoms with Gasteiger partial charge in [0.15, 0.2) is 6.29 Å². The molecule has 0 saturated carbocycles. The molecule has 0 aliphatic heterocycles. The summed E-state index contributed by atoms with van der Waals surface area (Å²) in [4.78, 5) is 0. The van der Waals surface area contributed by atoms with Crippen LogP contribution in [0.4, 0.5) is 0 Å². The first-order valence-corrected chi connectivity index (χ1v) is 2.07. The first-order valence-electron chi connectivity index (χ1n) is 2.07. The molecule has 0 rings (SSSR count).